The number of nitrogens with one attached hydrogen (secondary N) is 3. The van der Waals surface area contributed by atoms with Gasteiger partial charge in [0.15, 0.2) is 0 Å². The number of amides is 4. The van der Waals surface area contributed by atoms with Crippen LogP contribution in [-0.4, -0.2) is 48.0 Å². The van der Waals surface area contributed by atoms with E-state index in [1.165, 1.54) is 0 Å². The van der Waals surface area contributed by atoms with Crippen molar-refractivity contribution in [2.45, 2.75) is 64.8 Å². The van der Waals surface area contributed by atoms with Gasteiger partial charge in [-0.15, -0.1) is 0 Å². The van der Waals surface area contributed by atoms with Gasteiger partial charge in [0, 0.05) is 44.6 Å². The fourth-order valence-corrected chi connectivity index (χ4v) is 5.16. The average Bonchev–Trinajstić information content (AvgIpc) is 3.07. The number of nitrogens with zero attached hydrogens (tertiary/aromatic N) is 1. The lowest BCUT2D eigenvalue weighted by Crippen LogP contribution is -2.50. The summed E-state index contributed by atoms with van der Waals surface area (Å²) in [6.07, 6.45) is 0.488. The molecule has 3 aromatic rings. The van der Waals surface area contributed by atoms with Gasteiger partial charge in [0.05, 0.1) is 7.11 Å². The molecule has 0 aliphatic carbocycles. The van der Waals surface area contributed by atoms with E-state index in [9.17, 15) is 14.4 Å². The molecule has 1 aliphatic rings. The monoisotopic (exact) mass is 571 g/mol. The van der Waals surface area contributed by atoms with Crippen molar-refractivity contribution in [2.75, 3.05) is 13.7 Å². The van der Waals surface area contributed by atoms with Gasteiger partial charge in [-0.05, 0) is 66.3 Å². The molecule has 42 heavy (non-hydrogen) atoms. The number of hydrogen-bond donors (Lipinski definition) is 4. The normalized spacial score (nSPS) is 14.9. The van der Waals surface area contributed by atoms with E-state index >= 15 is 0 Å². The minimum absolute atomic E-state index is 0.115. The molecule has 0 saturated carbocycles. The van der Waals surface area contributed by atoms with Crippen molar-refractivity contribution in [1.29, 1.82) is 0 Å². The van der Waals surface area contributed by atoms with Crippen LogP contribution in [0, 0.1) is 0 Å². The number of rotatable bonds is 10. The number of carbonyl (C=O) groups is 3. The number of carbonyl (C=O) groups excluding carboxylic acids is 3. The number of methoxy groups -OCH3 is 1. The summed E-state index contributed by atoms with van der Waals surface area (Å²) in [7, 11) is 1.61. The van der Waals surface area contributed by atoms with Crippen LogP contribution in [0.4, 0.5) is 4.79 Å². The molecule has 0 aromatic heterocycles. The highest BCUT2D eigenvalue weighted by Crippen LogP contribution is 2.27. The second kappa shape index (κ2) is 13.5. The van der Waals surface area contributed by atoms with E-state index in [1.807, 2.05) is 73.7 Å². The van der Waals surface area contributed by atoms with E-state index in [0.29, 0.717) is 38.3 Å². The summed E-state index contributed by atoms with van der Waals surface area (Å²) in [5.41, 5.74) is 11.4. The van der Waals surface area contributed by atoms with Gasteiger partial charge in [-0.3, -0.25) is 9.59 Å². The van der Waals surface area contributed by atoms with Gasteiger partial charge >= 0.3 is 6.03 Å². The van der Waals surface area contributed by atoms with Crippen LogP contribution >= 0.6 is 0 Å². The quantitative estimate of drug-likeness (QED) is 0.294. The average molecular weight is 572 g/mol. The molecule has 9 nitrogen and oxygen atoms in total. The van der Waals surface area contributed by atoms with Crippen LogP contribution < -0.4 is 26.4 Å². The molecule has 0 bridgehead atoms. The summed E-state index contributed by atoms with van der Waals surface area (Å²) >= 11 is 0. The largest absolute Gasteiger partial charge is 0.497 e. The zero-order valence-electron chi connectivity index (χ0n) is 24.8. The Morgan fingerprint density at radius 1 is 1.02 bits per heavy atom. The molecular formula is C33H41N5O4. The van der Waals surface area contributed by atoms with Gasteiger partial charge in [-0.2, -0.15) is 0 Å². The highest BCUT2D eigenvalue weighted by Gasteiger charge is 2.32. The lowest BCUT2D eigenvalue weighted by Gasteiger charge is -2.26. The van der Waals surface area contributed by atoms with Gasteiger partial charge in [-0.1, -0.05) is 54.6 Å². The number of fused-ring (bicyclic) bond motifs is 1. The van der Waals surface area contributed by atoms with Crippen molar-refractivity contribution in [3.8, 4) is 16.9 Å². The van der Waals surface area contributed by atoms with Gasteiger partial charge in [0.1, 0.15) is 11.8 Å². The van der Waals surface area contributed by atoms with Gasteiger partial charge in [0.25, 0.3) is 0 Å². The highest BCUT2D eigenvalue weighted by atomic mass is 16.5. The predicted molar refractivity (Wildman–Crippen MR) is 164 cm³/mol. The summed E-state index contributed by atoms with van der Waals surface area (Å²) in [5.74, 6) is 0.316. The molecule has 3 aromatic carbocycles. The molecule has 0 unspecified atom stereocenters. The minimum Gasteiger partial charge on any atom is -0.497 e. The number of urea groups is 1. The summed E-state index contributed by atoms with van der Waals surface area (Å²) in [6.45, 7) is 7.23. The molecule has 1 aliphatic heterocycles. The molecule has 0 fully saturated rings. The van der Waals surface area contributed by atoms with Crippen LogP contribution in [0.5, 0.6) is 5.75 Å². The van der Waals surface area contributed by atoms with Crippen LogP contribution in [-0.2, 0) is 35.6 Å². The van der Waals surface area contributed by atoms with Crippen LogP contribution in [0.3, 0.4) is 0 Å². The van der Waals surface area contributed by atoms with Crippen molar-refractivity contribution in [2.24, 2.45) is 5.73 Å². The van der Waals surface area contributed by atoms with Gasteiger partial charge in [-0.25, -0.2) is 4.79 Å². The summed E-state index contributed by atoms with van der Waals surface area (Å²) < 4.78 is 5.42. The summed E-state index contributed by atoms with van der Waals surface area (Å²) in [5, 5.41) is 8.58. The third-order valence-electron chi connectivity index (χ3n) is 7.19. The van der Waals surface area contributed by atoms with Crippen molar-refractivity contribution < 1.29 is 19.1 Å². The van der Waals surface area contributed by atoms with Crippen LogP contribution in [0.25, 0.3) is 11.1 Å². The number of hydrogen-bond acceptors (Lipinski definition) is 5. The van der Waals surface area contributed by atoms with E-state index < -0.39 is 11.6 Å². The Morgan fingerprint density at radius 3 is 2.45 bits per heavy atom. The predicted octanol–water partition coefficient (Wildman–Crippen LogP) is 3.88. The van der Waals surface area contributed by atoms with E-state index in [-0.39, 0.29) is 24.3 Å². The van der Waals surface area contributed by atoms with E-state index in [0.717, 1.165) is 33.4 Å². The molecule has 4 rings (SSSR count). The Labute approximate surface area is 247 Å². The van der Waals surface area contributed by atoms with E-state index in [4.69, 9.17) is 10.5 Å². The first-order valence-electron chi connectivity index (χ1n) is 14.3. The maximum atomic E-state index is 13.8. The van der Waals surface area contributed by atoms with Gasteiger partial charge < -0.3 is 31.3 Å². The maximum Gasteiger partial charge on any atom is 0.315 e. The first kappa shape index (κ1) is 30.6. The second-order valence-electron chi connectivity index (χ2n) is 11.4. The fourth-order valence-electron chi connectivity index (χ4n) is 5.16. The molecule has 0 spiro atoms. The number of benzene rings is 3. The number of nitrogens with two attached hydrogens (primary N) is 1. The molecular weight excluding hydrogens is 530 g/mol. The Balaban J connectivity index is 1.54. The topological polar surface area (TPSA) is 126 Å². The molecule has 0 saturated heterocycles. The summed E-state index contributed by atoms with van der Waals surface area (Å²) in [4.78, 5) is 40.3. The fraction of sp³-hybridized carbons (Fsp3) is 0.364. The highest BCUT2D eigenvalue weighted by molar-refractivity contribution is 5.89. The molecule has 9 heteroatoms. The van der Waals surface area contributed by atoms with E-state index in [2.05, 4.69) is 16.0 Å². The Morgan fingerprint density at radius 2 is 1.76 bits per heavy atom. The first-order chi connectivity index (χ1) is 20.1. The lowest BCUT2D eigenvalue weighted by molar-refractivity contribution is -0.137. The van der Waals surface area contributed by atoms with Gasteiger partial charge in [0.2, 0.25) is 11.8 Å². The molecule has 1 atom stereocenters. The Hall–Kier alpha value is -4.37. The Bertz CT molecular complexity index is 1410. The lowest BCUT2D eigenvalue weighted by atomic mass is 9.98. The third-order valence-corrected chi connectivity index (χ3v) is 7.19. The van der Waals surface area contributed by atoms with Crippen molar-refractivity contribution in [3.05, 3.63) is 89.0 Å². The van der Waals surface area contributed by atoms with Crippen molar-refractivity contribution in [1.82, 2.24) is 20.9 Å². The molecule has 1 heterocycles. The minimum atomic E-state index is -0.711. The first-order valence-corrected chi connectivity index (χ1v) is 14.3. The Kier molecular flexibility index (Phi) is 9.85. The smallest absolute Gasteiger partial charge is 0.315 e. The van der Waals surface area contributed by atoms with Crippen molar-refractivity contribution in [3.63, 3.8) is 0 Å². The molecule has 5 N–H and O–H groups in total. The van der Waals surface area contributed by atoms with Crippen LogP contribution in [0.1, 0.15) is 49.4 Å². The van der Waals surface area contributed by atoms with Crippen molar-refractivity contribution >= 4 is 17.8 Å². The standard InChI is InChI=1S/C33H41N5O4/c1-5-35-32(41)36-19-24-8-6-7-9-28(24)23-12-10-22(11-13-23)20-38-21-25-14-15-27(42-4)16-26(25)17-29(31(38)40)37-30(39)18-33(2,3)34/h6-16,29H,5,17-21,34H2,1-4H3,(H,37,39)(H2,35,36,41)/t29-/m1/s1. The molecule has 222 valence electrons. The zero-order chi connectivity index (χ0) is 30.3. The zero-order valence-corrected chi connectivity index (χ0v) is 24.8. The molecule has 4 amide bonds. The number of ether oxygens (including phenoxy) is 1. The SMILES string of the molecule is CCNC(=O)NCc1ccccc1-c1ccc(CN2Cc3ccc(OC)cc3C[C@@H](NC(=O)CC(C)(C)N)C2=O)cc1. The summed E-state index contributed by atoms with van der Waals surface area (Å²) in [6, 6.07) is 20.9. The second-order valence-corrected chi connectivity index (χ2v) is 11.4. The maximum absolute atomic E-state index is 13.8. The molecule has 0 radical (unpaired) electrons. The third kappa shape index (κ3) is 8.10. The van der Waals surface area contributed by atoms with Crippen LogP contribution in [0.2, 0.25) is 0 Å². The van der Waals surface area contributed by atoms with E-state index in [1.54, 1.807) is 25.9 Å². The van der Waals surface area contributed by atoms with Crippen LogP contribution in [0.15, 0.2) is 66.7 Å².